The van der Waals surface area contributed by atoms with Crippen LogP contribution in [0.5, 0.6) is 0 Å². The smallest absolute Gasteiger partial charge is 0.226 e. The van der Waals surface area contributed by atoms with Crippen molar-refractivity contribution in [3.05, 3.63) is 17.5 Å². The molecule has 0 radical (unpaired) electrons. The number of anilines is 1. The average Bonchev–Trinajstić information content (AvgIpc) is 3.14. The van der Waals surface area contributed by atoms with E-state index in [0.29, 0.717) is 29.7 Å². The van der Waals surface area contributed by atoms with E-state index in [-0.39, 0.29) is 17.8 Å². The lowest BCUT2D eigenvalue weighted by atomic mass is 10.0. The second kappa shape index (κ2) is 7.48. The highest BCUT2D eigenvalue weighted by molar-refractivity contribution is 6.28. The van der Waals surface area contributed by atoms with Gasteiger partial charge in [0.15, 0.2) is 0 Å². The number of aliphatic hydroxyl groups excluding tert-OH is 2. The molecule has 1 aliphatic heterocycles. The molecule has 2 aromatic rings. The number of ether oxygens (including phenoxy) is 1. The van der Waals surface area contributed by atoms with Crippen molar-refractivity contribution in [2.24, 2.45) is 0 Å². The number of unbranched alkanes of at least 4 members (excludes halogenated alkanes) is 1. The minimum Gasteiger partial charge on any atom is -0.393 e. The molecule has 3 N–H and O–H groups in total. The van der Waals surface area contributed by atoms with Gasteiger partial charge in [0.2, 0.25) is 11.2 Å². The summed E-state index contributed by atoms with van der Waals surface area (Å²) in [6.07, 6.45) is 2.87. The fourth-order valence-electron chi connectivity index (χ4n) is 3.06. The van der Waals surface area contributed by atoms with Gasteiger partial charge in [-0.1, -0.05) is 13.3 Å². The van der Waals surface area contributed by atoms with E-state index >= 15 is 0 Å². The second-order valence-corrected chi connectivity index (χ2v) is 7.09. The third kappa shape index (κ3) is 3.55. The van der Waals surface area contributed by atoms with Crippen molar-refractivity contribution in [2.75, 3.05) is 11.9 Å². The highest BCUT2D eigenvalue weighted by Gasteiger charge is 2.45. The molecule has 1 saturated heterocycles. The standard InChI is InChI=1S/C17H23ClN4O4/c1-3-4-5-12(25)19-14-10-6-7-22(15(10)21-16(18)20-14)13-8-11(24)17(2,9-23)26-13/h6-7,11,13,23-24H,3-5,8-9H2,1-2H3,(H,19,20,21,25)/t11-,13+,17+/m0/s1. The molecule has 142 valence electrons. The number of nitrogens with one attached hydrogen (secondary N) is 1. The molecular formula is C17H23ClN4O4. The van der Waals surface area contributed by atoms with Gasteiger partial charge in [0.1, 0.15) is 23.3 Å². The Morgan fingerprint density at radius 1 is 1.54 bits per heavy atom. The first kappa shape index (κ1) is 19.0. The third-order valence-corrected chi connectivity index (χ3v) is 4.89. The van der Waals surface area contributed by atoms with Crippen LogP contribution in [0, 0.1) is 0 Å². The molecule has 3 rings (SSSR count). The Morgan fingerprint density at radius 2 is 2.31 bits per heavy atom. The third-order valence-electron chi connectivity index (χ3n) is 4.72. The minimum atomic E-state index is -1.03. The summed E-state index contributed by atoms with van der Waals surface area (Å²) in [5, 5.41) is 23.1. The van der Waals surface area contributed by atoms with Gasteiger partial charge in [-0.05, 0) is 31.0 Å². The number of hydrogen-bond donors (Lipinski definition) is 3. The van der Waals surface area contributed by atoms with Gasteiger partial charge in [0.05, 0.1) is 18.1 Å². The molecule has 0 aliphatic carbocycles. The molecule has 9 heteroatoms. The van der Waals surface area contributed by atoms with Crippen molar-refractivity contribution < 1.29 is 19.7 Å². The quantitative estimate of drug-likeness (QED) is 0.661. The highest BCUT2D eigenvalue weighted by atomic mass is 35.5. The van der Waals surface area contributed by atoms with Crippen LogP contribution in [0.15, 0.2) is 12.3 Å². The zero-order chi connectivity index (χ0) is 18.9. The predicted molar refractivity (Wildman–Crippen MR) is 96.9 cm³/mol. The van der Waals surface area contributed by atoms with Gasteiger partial charge >= 0.3 is 0 Å². The van der Waals surface area contributed by atoms with Crippen molar-refractivity contribution in [1.82, 2.24) is 14.5 Å². The van der Waals surface area contributed by atoms with Crippen LogP contribution in [0.2, 0.25) is 5.28 Å². The molecular weight excluding hydrogens is 360 g/mol. The fourth-order valence-corrected chi connectivity index (χ4v) is 3.22. The average molecular weight is 383 g/mol. The molecule has 2 aromatic heterocycles. The van der Waals surface area contributed by atoms with Gasteiger partial charge < -0.3 is 24.8 Å². The first-order valence-corrected chi connectivity index (χ1v) is 9.06. The number of rotatable bonds is 6. The first-order valence-electron chi connectivity index (χ1n) is 8.68. The first-order chi connectivity index (χ1) is 12.4. The molecule has 8 nitrogen and oxygen atoms in total. The summed E-state index contributed by atoms with van der Waals surface area (Å²) in [5.74, 6) is 0.222. The molecule has 3 atom stereocenters. The highest BCUT2D eigenvalue weighted by Crippen LogP contribution is 2.38. The number of aliphatic hydroxyl groups is 2. The number of amides is 1. The summed E-state index contributed by atoms with van der Waals surface area (Å²) < 4.78 is 7.58. The number of halogens is 1. The van der Waals surface area contributed by atoms with Crippen molar-refractivity contribution in [3.63, 3.8) is 0 Å². The zero-order valence-electron chi connectivity index (χ0n) is 14.8. The van der Waals surface area contributed by atoms with Gasteiger partial charge in [-0.2, -0.15) is 9.97 Å². The maximum absolute atomic E-state index is 12.0. The van der Waals surface area contributed by atoms with Crippen LogP contribution in [0.3, 0.4) is 0 Å². The number of aromatic nitrogens is 3. The fraction of sp³-hybridized carbons (Fsp3) is 0.588. The van der Waals surface area contributed by atoms with E-state index in [1.54, 1.807) is 23.8 Å². The van der Waals surface area contributed by atoms with Gasteiger partial charge in [-0.25, -0.2) is 0 Å². The van der Waals surface area contributed by atoms with Crippen molar-refractivity contribution in [1.29, 1.82) is 0 Å². The summed E-state index contributed by atoms with van der Waals surface area (Å²) in [6.45, 7) is 3.38. The number of nitrogens with zero attached hydrogens (tertiary/aromatic N) is 3. The van der Waals surface area contributed by atoms with Gasteiger partial charge in [0.25, 0.3) is 0 Å². The number of fused-ring (bicyclic) bond motifs is 1. The Labute approximate surface area is 156 Å². The van der Waals surface area contributed by atoms with Gasteiger partial charge in [0, 0.05) is 19.0 Å². The molecule has 26 heavy (non-hydrogen) atoms. The summed E-state index contributed by atoms with van der Waals surface area (Å²) in [7, 11) is 0. The summed E-state index contributed by atoms with van der Waals surface area (Å²) in [4.78, 5) is 20.4. The van der Waals surface area contributed by atoms with Crippen molar-refractivity contribution in [3.8, 4) is 0 Å². The van der Waals surface area contributed by atoms with E-state index in [1.807, 2.05) is 6.92 Å². The van der Waals surface area contributed by atoms with Crippen molar-refractivity contribution in [2.45, 2.75) is 57.5 Å². The SMILES string of the molecule is CCCCC(=O)Nc1nc(Cl)nc2c1ccn2[C@H]1C[C@H](O)[C@@](C)(CO)O1. The number of carbonyl (C=O) groups excluding carboxylic acids is 1. The molecule has 1 amide bonds. The van der Waals surface area contributed by atoms with Crippen LogP contribution in [0.25, 0.3) is 11.0 Å². The maximum Gasteiger partial charge on any atom is 0.226 e. The molecule has 0 unspecified atom stereocenters. The molecule has 0 saturated carbocycles. The largest absolute Gasteiger partial charge is 0.393 e. The van der Waals surface area contributed by atoms with Crippen LogP contribution in [-0.4, -0.2) is 49.0 Å². The van der Waals surface area contributed by atoms with E-state index in [4.69, 9.17) is 16.3 Å². The molecule has 0 bridgehead atoms. The van der Waals surface area contributed by atoms with Crippen molar-refractivity contribution >= 4 is 34.4 Å². The topological polar surface area (TPSA) is 110 Å². The maximum atomic E-state index is 12.0. The lowest BCUT2D eigenvalue weighted by Crippen LogP contribution is -2.39. The lowest BCUT2D eigenvalue weighted by Gasteiger charge is -2.25. The van der Waals surface area contributed by atoms with Crippen LogP contribution in [0.1, 0.15) is 45.8 Å². The van der Waals surface area contributed by atoms with Crippen LogP contribution in [-0.2, 0) is 9.53 Å². The monoisotopic (exact) mass is 382 g/mol. The Bertz CT molecular complexity index is 811. The molecule has 1 aliphatic rings. The van der Waals surface area contributed by atoms with E-state index in [9.17, 15) is 15.0 Å². The summed E-state index contributed by atoms with van der Waals surface area (Å²) in [6, 6.07) is 1.77. The number of hydrogen-bond acceptors (Lipinski definition) is 6. The Morgan fingerprint density at radius 3 is 2.96 bits per heavy atom. The normalized spacial score (nSPS) is 25.7. The molecule has 3 heterocycles. The Balaban J connectivity index is 1.92. The summed E-state index contributed by atoms with van der Waals surface area (Å²) >= 11 is 6.04. The lowest BCUT2D eigenvalue weighted by molar-refractivity contribution is -0.116. The van der Waals surface area contributed by atoms with Crippen LogP contribution >= 0.6 is 11.6 Å². The Kier molecular flexibility index (Phi) is 5.47. The Hall–Kier alpha value is -1.74. The van der Waals surface area contributed by atoms with Gasteiger partial charge in [-0.15, -0.1) is 0 Å². The molecule has 0 aromatic carbocycles. The van der Waals surface area contributed by atoms with Crippen LogP contribution < -0.4 is 5.32 Å². The number of carbonyl (C=O) groups is 1. The zero-order valence-corrected chi connectivity index (χ0v) is 15.5. The minimum absolute atomic E-state index is 0.00621. The summed E-state index contributed by atoms with van der Waals surface area (Å²) in [5.41, 5.74) is -0.537. The predicted octanol–water partition coefficient (Wildman–Crippen LogP) is 2.24. The van der Waals surface area contributed by atoms with E-state index < -0.39 is 17.9 Å². The second-order valence-electron chi connectivity index (χ2n) is 6.75. The van der Waals surface area contributed by atoms with E-state index in [0.717, 1.165) is 12.8 Å². The van der Waals surface area contributed by atoms with Gasteiger partial charge in [-0.3, -0.25) is 4.79 Å². The van der Waals surface area contributed by atoms with E-state index in [2.05, 4.69) is 15.3 Å². The molecule has 0 spiro atoms. The van der Waals surface area contributed by atoms with Crippen LogP contribution in [0.4, 0.5) is 5.82 Å². The van der Waals surface area contributed by atoms with E-state index in [1.165, 1.54) is 0 Å². The molecule has 1 fully saturated rings.